The minimum Gasteiger partial charge on any atom is -0.462 e. The molecule has 0 amide bonds. The Labute approximate surface area is 117 Å². The van der Waals surface area contributed by atoms with Gasteiger partial charge < -0.3 is 9.84 Å². The number of H-pyrrole nitrogens is 1. The lowest BCUT2D eigenvalue weighted by molar-refractivity contribution is 0.0521. The highest BCUT2D eigenvalue weighted by molar-refractivity contribution is 7.89. The fourth-order valence-electron chi connectivity index (χ4n) is 1.61. The van der Waals surface area contributed by atoms with Crippen LogP contribution in [-0.4, -0.2) is 48.9 Å². The maximum atomic E-state index is 12.2. The molecule has 0 aliphatic rings. The summed E-state index contributed by atoms with van der Waals surface area (Å²) in [6.07, 6.45) is 1.92. The third-order valence-corrected chi connectivity index (χ3v) is 4.15. The summed E-state index contributed by atoms with van der Waals surface area (Å²) in [5.41, 5.74) is -0.141. The highest BCUT2D eigenvalue weighted by Crippen LogP contribution is 2.14. The molecule has 0 aliphatic heterocycles. The van der Waals surface area contributed by atoms with Crippen LogP contribution in [0.5, 0.6) is 0 Å². The van der Waals surface area contributed by atoms with Gasteiger partial charge in [-0.15, -0.1) is 0 Å². The summed E-state index contributed by atoms with van der Waals surface area (Å²) in [5, 5.41) is 14.4. The summed E-state index contributed by atoms with van der Waals surface area (Å²) in [6.45, 7) is 3.43. The molecule has 20 heavy (non-hydrogen) atoms. The van der Waals surface area contributed by atoms with Crippen molar-refractivity contribution in [2.75, 3.05) is 13.2 Å². The maximum Gasteiger partial charge on any atom is 0.342 e. The number of nitrogens with zero attached hydrogens (tertiary/aromatic N) is 1. The molecule has 0 spiro atoms. The number of hydrogen-bond acceptors (Lipinski definition) is 6. The Morgan fingerprint density at radius 3 is 2.80 bits per heavy atom. The SMILES string of the molecule is CCOC(=O)c1cn[nH]c1S(=O)(=O)NC(CC)CCO. The fraction of sp³-hybridized carbons (Fsp3) is 0.636. The first-order chi connectivity index (χ1) is 9.46. The van der Waals surface area contributed by atoms with Gasteiger partial charge in [0.2, 0.25) is 0 Å². The Morgan fingerprint density at radius 2 is 2.25 bits per heavy atom. The Morgan fingerprint density at radius 1 is 1.55 bits per heavy atom. The van der Waals surface area contributed by atoms with E-state index in [0.29, 0.717) is 12.8 Å². The highest BCUT2D eigenvalue weighted by atomic mass is 32.2. The molecule has 1 aromatic rings. The normalized spacial score (nSPS) is 13.2. The van der Waals surface area contributed by atoms with Crippen LogP contribution < -0.4 is 4.72 Å². The van der Waals surface area contributed by atoms with E-state index in [-0.39, 0.29) is 23.8 Å². The van der Waals surface area contributed by atoms with Crippen LogP contribution in [0.15, 0.2) is 11.2 Å². The fourth-order valence-corrected chi connectivity index (χ4v) is 3.05. The first kappa shape index (κ1) is 16.6. The summed E-state index contributed by atoms with van der Waals surface area (Å²) in [7, 11) is -3.92. The molecule has 0 radical (unpaired) electrons. The maximum absolute atomic E-state index is 12.2. The van der Waals surface area contributed by atoms with Crippen LogP contribution in [-0.2, 0) is 14.8 Å². The predicted octanol–water partition coefficient (Wildman–Crippen LogP) is 0.0257. The van der Waals surface area contributed by atoms with Crippen LogP contribution in [0.1, 0.15) is 37.0 Å². The Balaban J connectivity index is 2.98. The molecule has 0 saturated carbocycles. The molecule has 0 saturated heterocycles. The van der Waals surface area contributed by atoms with Gasteiger partial charge in [-0.25, -0.2) is 17.9 Å². The van der Waals surface area contributed by atoms with Crippen molar-refractivity contribution in [3.8, 4) is 0 Å². The lowest BCUT2D eigenvalue weighted by Crippen LogP contribution is -2.36. The molecule has 1 atom stereocenters. The molecule has 114 valence electrons. The van der Waals surface area contributed by atoms with Crippen molar-refractivity contribution in [3.05, 3.63) is 11.8 Å². The van der Waals surface area contributed by atoms with E-state index in [9.17, 15) is 13.2 Å². The number of ether oxygens (including phenoxy) is 1. The number of aromatic nitrogens is 2. The number of aliphatic hydroxyl groups is 1. The number of carbonyl (C=O) groups excluding carboxylic acids is 1. The van der Waals surface area contributed by atoms with E-state index in [1.165, 1.54) is 0 Å². The predicted molar refractivity (Wildman–Crippen MR) is 70.6 cm³/mol. The van der Waals surface area contributed by atoms with E-state index in [2.05, 4.69) is 14.9 Å². The van der Waals surface area contributed by atoms with Crippen LogP contribution in [0.25, 0.3) is 0 Å². The zero-order valence-electron chi connectivity index (χ0n) is 11.4. The quantitative estimate of drug-likeness (QED) is 0.582. The number of hydrogen-bond donors (Lipinski definition) is 3. The monoisotopic (exact) mass is 305 g/mol. The van der Waals surface area contributed by atoms with Gasteiger partial charge in [-0.3, -0.25) is 5.10 Å². The summed E-state index contributed by atoms with van der Waals surface area (Å²) < 4.78 is 31.6. The highest BCUT2D eigenvalue weighted by Gasteiger charge is 2.27. The summed E-state index contributed by atoms with van der Waals surface area (Å²) in [6, 6.07) is -0.414. The van der Waals surface area contributed by atoms with Gasteiger partial charge >= 0.3 is 5.97 Å². The van der Waals surface area contributed by atoms with E-state index in [1.807, 2.05) is 0 Å². The molecule has 0 bridgehead atoms. The van der Waals surface area contributed by atoms with Gasteiger partial charge in [0.15, 0.2) is 5.03 Å². The largest absolute Gasteiger partial charge is 0.462 e. The molecule has 1 heterocycles. The van der Waals surface area contributed by atoms with Gasteiger partial charge in [0, 0.05) is 12.6 Å². The second-order valence-electron chi connectivity index (χ2n) is 4.07. The molecule has 1 rings (SSSR count). The van der Waals surface area contributed by atoms with Crippen molar-refractivity contribution in [1.82, 2.24) is 14.9 Å². The number of rotatable bonds is 8. The number of carbonyl (C=O) groups is 1. The Bertz CT molecular complexity index is 540. The standard InChI is InChI=1S/C11H19N3O5S/c1-3-8(5-6-15)14-20(17,18)10-9(7-12-13-10)11(16)19-4-2/h7-8,14-15H,3-6H2,1-2H3,(H,12,13). The molecule has 3 N–H and O–H groups in total. The van der Waals surface area contributed by atoms with Crippen LogP contribution in [0.2, 0.25) is 0 Å². The van der Waals surface area contributed by atoms with E-state index in [0.717, 1.165) is 6.20 Å². The van der Waals surface area contributed by atoms with Gasteiger partial charge in [0.25, 0.3) is 10.0 Å². The molecular weight excluding hydrogens is 286 g/mol. The average molecular weight is 305 g/mol. The summed E-state index contributed by atoms with van der Waals surface area (Å²) in [4.78, 5) is 11.6. The van der Waals surface area contributed by atoms with Crippen molar-refractivity contribution in [2.45, 2.75) is 37.8 Å². The second kappa shape index (κ2) is 7.36. The van der Waals surface area contributed by atoms with Crippen LogP contribution in [0.3, 0.4) is 0 Å². The zero-order valence-corrected chi connectivity index (χ0v) is 12.2. The number of aliphatic hydroxyl groups excluding tert-OH is 1. The zero-order chi connectivity index (χ0) is 15.2. The van der Waals surface area contributed by atoms with Crippen LogP contribution in [0.4, 0.5) is 0 Å². The van der Waals surface area contributed by atoms with Gasteiger partial charge in [0.05, 0.1) is 12.8 Å². The smallest absolute Gasteiger partial charge is 0.342 e. The first-order valence-electron chi connectivity index (χ1n) is 6.29. The van der Waals surface area contributed by atoms with Crippen molar-refractivity contribution in [1.29, 1.82) is 0 Å². The lowest BCUT2D eigenvalue weighted by atomic mass is 10.2. The number of nitrogens with one attached hydrogen (secondary N) is 2. The molecule has 0 fully saturated rings. The van der Waals surface area contributed by atoms with Gasteiger partial charge in [-0.05, 0) is 19.8 Å². The van der Waals surface area contributed by atoms with Crippen molar-refractivity contribution in [3.63, 3.8) is 0 Å². The van der Waals surface area contributed by atoms with E-state index < -0.39 is 22.0 Å². The third-order valence-electron chi connectivity index (χ3n) is 2.66. The first-order valence-corrected chi connectivity index (χ1v) is 7.78. The van der Waals surface area contributed by atoms with E-state index >= 15 is 0 Å². The molecule has 9 heteroatoms. The molecule has 8 nitrogen and oxygen atoms in total. The molecular formula is C11H19N3O5S. The van der Waals surface area contributed by atoms with Crippen molar-refractivity contribution < 1.29 is 23.1 Å². The Hall–Kier alpha value is -1.45. The van der Waals surface area contributed by atoms with Crippen molar-refractivity contribution >= 4 is 16.0 Å². The molecule has 0 aliphatic carbocycles. The molecule has 1 aromatic heterocycles. The minimum absolute atomic E-state index is 0.130. The van der Waals surface area contributed by atoms with Crippen molar-refractivity contribution in [2.24, 2.45) is 0 Å². The number of aromatic amines is 1. The number of sulfonamides is 1. The summed E-state index contributed by atoms with van der Waals surface area (Å²) >= 11 is 0. The average Bonchev–Trinajstić information content (AvgIpc) is 2.88. The van der Waals surface area contributed by atoms with Crippen LogP contribution in [0, 0.1) is 0 Å². The topological polar surface area (TPSA) is 121 Å². The minimum atomic E-state index is -3.92. The van der Waals surface area contributed by atoms with Crippen LogP contribution >= 0.6 is 0 Å². The third kappa shape index (κ3) is 4.02. The molecule has 1 unspecified atom stereocenters. The van der Waals surface area contributed by atoms with Gasteiger partial charge in [0.1, 0.15) is 5.56 Å². The Kier molecular flexibility index (Phi) is 6.11. The number of esters is 1. The van der Waals surface area contributed by atoms with Gasteiger partial charge in [-0.1, -0.05) is 6.92 Å². The second-order valence-corrected chi connectivity index (χ2v) is 5.72. The van der Waals surface area contributed by atoms with Gasteiger partial charge in [-0.2, -0.15) is 5.10 Å². The van der Waals surface area contributed by atoms with E-state index in [1.54, 1.807) is 13.8 Å². The summed E-state index contributed by atoms with van der Waals surface area (Å²) in [5.74, 6) is -0.753. The lowest BCUT2D eigenvalue weighted by Gasteiger charge is -2.15. The molecule has 0 aromatic carbocycles. The van der Waals surface area contributed by atoms with E-state index in [4.69, 9.17) is 9.84 Å².